The number of rotatable bonds is 7. The predicted octanol–water partition coefficient (Wildman–Crippen LogP) is 0.898. The van der Waals surface area contributed by atoms with Crippen molar-refractivity contribution in [2.45, 2.75) is 6.42 Å². The van der Waals surface area contributed by atoms with Crippen molar-refractivity contribution in [2.24, 2.45) is 0 Å². The topological polar surface area (TPSA) is 46.0 Å². The Labute approximate surface area is 159 Å². The van der Waals surface area contributed by atoms with E-state index in [1.165, 1.54) is 17.0 Å². The molecular weight excluding hydrogens is 345 g/mol. The van der Waals surface area contributed by atoms with E-state index in [-0.39, 0.29) is 11.7 Å². The minimum atomic E-state index is -0.237. The Balaban J connectivity index is 1.39. The lowest BCUT2D eigenvalue weighted by Gasteiger charge is -2.34. The van der Waals surface area contributed by atoms with Crippen LogP contribution in [-0.4, -0.2) is 52.3 Å². The van der Waals surface area contributed by atoms with E-state index in [4.69, 9.17) is 4.74 Å². The number of hydrogen-bond acceptors (Lipinski definition) is 3. The van der Waals surface area contributed by atoms with E-state index in [0.717, 1.165) is 43.2 Å². The molecule has 1 heterocycles. The number of methoxy groups -OCH3 is 1. The average molecular weight is 372 g/mol. The van der Waals surface area contributed by atoms with Crippen LogP contribution in [0.25, 0.3) is 0 Å². The first-order chi connectivity index (χ1) is 13.2. The summed E-state index contributed by atoms with van der Waals surface area (Å²) in [6, 6.07) is 14.4. The molecule has 0 bridgehead atoms. The molecule has 2 aromatic carbocycles. The summed E-state index contributed by atoms with van der Waals surface area (Å²) >= 11 is 0. The van der Waals surface area contributed by atoms with Gasteiger partial charge in [-0.15, -0.1) is 0 Å². The largest absolute Gasteiger partial charge is 0.495 e. The molecule has 0 spiro atoms. The maximum atomic E-state index is 12.9. The van der Waals surface area contributed by atoms with Crippen LogP contribution in [0, 0.1) is 5.82 Å². The van der Waals surface area contributed by atoms with Crippen molar-refractivity contribution in [3.05, 3.63) is 59.9 Å². The van der Waals surface area contributed by atoms with Crippen molar-refractivity contribution in [3.63, 3.8) is 0 Å². The standard InChI is InChI=1S/C21H26FN3O2/c1-27-20-5-3-2-4-19(20)25-14-12-24(13-15-25)16-21(26)23-11-10-17-6-8-18(22)9-7-17/h2-9H,10-16H2,1H3,(H,23,26)/p+1. The average Bonchev–Trinajstić information content (AvgIpc) is 2.70. The van der Waals surface area contributed by atoms with E-state index in [2.05, 4.69) is 16.3 Å². The van der Waals surface area contributed by atoms with Crippen LogP contribution in [0.3, 0.4) is 0 Å². The van der Waals surface area contributed by atoms with E-state index >= 15 is 0 Å². The minimum Gasteiger partial charge on any atom is -0.495 e. The molecule has 5 nitrogen and oxygen atoms in total. The van der Waals surface area contributed by atoms with Crippen molar-refractivity contribution in [1.29, 1.82) is 0 Å². The lowest BCUT2D eigenvalue weighted by atomic mass is 10.1. The van der Waals surface area contributed by atoms with Gasteiger partial charge in [0.2, 0.25) is 0 Å². The highest BCUT2D eigenvalue weighted by molar-refractivity contribution is 5.76. The van der Waals surface area contributed by atoms with Gasteiger partial charge in [-0.1, -0.05) is 24.3 Å². The summed E-state index contributed by atoms with van der Waals surface area (Å²) in [5.74, 6) is 0.719. The number of halogens is 1. The number of hydrogen-bond donors (Lipinski definition) is 2. The van der Waals surface area contributed by atoms with Crippen LogP contribution < -0.4 is 19.9 Å². The van der Waals surface area contributed by atoms with E-state index in [1.807, 2.05) is 18.2 Å². The molecule has 1 saturated heterocycles. The van der Waals surface area contributed by atoms with Gasteiger partial charge in [0.05, 0.1) is 39.0 Å². The van der Waals surface area contributed by atoms with Crippen molar-refractivity contribution in [1.82, 2.24) is 5.32 Å². The summed E-state index contributed by atoms with van der Waals surface area (Å²) in [6.07, 6.45) is 0.711. The molecule has 0 atom stereocenters. The number of amides is 1. The summed E-state index contributed by atoms with van der Waals surface area (Å²) in [7, 11) is 1.69. The highest BCUT2D eigenvalue weighted by Gasteiger charge is 2.23. The van der Waals surface area contributed by atoms with Crippen molar-refractivity contribution in [2.75, 3.05) is 51.3 Å². The smallest absolute Gasteiger partial charge is 0.275 e. The number of piperazine rings is 1. The van der Waals surface area contributed by atoms with E-state index in [0.29, 0.717) is 19.5 Å². The maximum Gasteiger partial charge on any atom is 0.275 e. The Morgan fingerprint density at radius 3 is 2.56 bits per heavy atom. The summed E-state index contributed by atoms with van der Waals surface area (Å²) in [6.45, 7) is 4.71. The van der Waals surface area contributed by atoms with Gasteiger partial charge in [0, 0.05) is 6.54 Å². The Hall–Kier alpha value is -2.60. The van der Waals surface area contributed by atoms with Gasteiger partial charge < -0.3 is 19.9 Å². The second-order valence-electron chi connectivity index (χ2n) is 6.81. The number of anilines is 1. The first kappa shape index (κ1) is 19.2. The van der Waals surface area contributed by atoms with Crippen molar-refractivity contribution >= 4 is 11.6 Å². The Bertz CT molecular complexity index is 743. The molecule has 144 valence electrons. The fourth-order valence-corrected chi connectivity index (χ4v) is 3.42. The van der Waals surface area contributed by atoms with Gasteiger partial charge in [0.1, 0.15) is 11.6 Å². The van der Waals surface area contributed by atoms with Crippen molar-refractivity contribution in [3.8, 4) is 5.75 Å². The summed E-state index contributed by atoms with van der Waals surface area (Å²) in [5, 5.41) is 2.97. The Kier molecular flexibility index (Phi) is 6.65. The molecule has 0 aliphatic carbocycles. The molecule has 27 heavy (non-hydrogen) atoms. The van der Waals surface area contributed by atoms with Gasteiger partial charge in [-0.05, 0) is 36.2 Å². The second kappa shape index (κ2) is 9.37. The van der Waals surface area contributed by atoms with Gasteiger partial charge in [0.15, 0.2) is 6.54 Å². The van der Waals surface area contributed by atoms with Gasteiger partial charge in [0.25, 0.3) is 5.91 Å². The van der Waals surface area contributed by atoms with Gasteiger partial charge in [-0.2, -0.15) is 0 Å². The van der Waals surface area contributed by atoms with Crippen LogP contribution in [0.4, 0.5) is 10.1 Å². The molecule has 2 aromatic rings. The quantitative estimate of drug-likeness (QED) is 0.759. The number of nitrogens with zero attached hydrogens (tertiary/aromatic N) is 1. The molecule has 1 aliphatic rings. The number of benzene rings is 2. The third kappa shape index (κ3) is 5.44. The molecule has 1 fully saturated rings. The van der Waals surface area contributed by atoms with Crippen LogP contribution in [-0.2, 0) is 11.2 Å². The minimum absolute atomic E-state index is 0.0675. The number of nitrogens with one attached hydrogen (secondary N) is 2. The normalized spacial score (nSPS) is 14.8. The first-order valence-corrected chi connectivity index (χ1v) is 9.38. The molecule has 0 unspecified atom stereocenters. The molecule has 2 N–H and O–H groups in total. The van der Waals surface area contributed by atoms with Crippen LogP contribution in [0.1, 0.15) is 5.56 Å². The molecular formula is C21H27FN3O2+. The molecule has 3 rings (SSSR count). The molecule has 0 saturated carbocycles. The monoisotopic (exact) mass is 372 g/mol. The molecule has 1 amide bonds. The van der Waals surface area contributed by atoms with Crippen LogP contribution in [0.5, 0.6) is 5.75 Å². The first-order valence-electron chi connectivity index (χ1n) is 9.38. The fourth-order valence-electron chi connectivity index (χ4n) is 3.42. The van der Waals surface area contributed by atoms with E-state index < -0.39 is 0 Å². The summed E-state index contributed by atoms with van der Waals surface area (Å²) in [4.78, 5) is 15.8. The van der Waals surface area contributed by atoms with Crippen molar-refractivity contribution < 1.29 is 18.8 Å². The molecule has 6 heteroatoms. The highest BCUT2D eigenvalue weighted by Crippen LogP contribution is 2.27. The highest BCUT2D eigenvalue weighted by atomic mass is 19.1. The number of carbonyl (C=O) groups is 1. The second-order valence-corrected chi connectivity index (χ2v) is 6.81. The fraction of sp³-hybridized carbons (Fsp3) is 0.381. The SMILES string of the molecule is COc1ccccc1N1CC[NH+](CC(=O)NCCc2ccc(F)cc2)CC1. The number of quaternary nitrogens is 1. The van der Waals surface area contributed by atoms with E-state index in [9.17, 15) is 9.18 Å². The molecule has 0 radical (unpaired) electrons. The van der Waals surface area contributed by atoms with Crippen LogP contribution in [0.2, 0.25) is 0 Å². The Morgan fingerprint density at radius 2 is 1.85 bits per heavy atom. The predicted molar refractivity (Wildman–Crippen MR) is 104 cm³/mol. The number of para-hydroxylation sites is 2. The van der Waals surface area contributed by atoms with E-state index in [1.54, 1.807) is 19.2 Å². The summed E-state index contributed by atoms with van der Waals surface area (Å²) < 4.78 is 18.3. The molecule has 1 aliphatic heterocycles. The summed E-state index contributed by atoms with van der Waals surface area (Å²) in [5.41, 5.74) is 2.14. The zero-order chi connectivity index (χ0) is 19.1. The third-order valence-electron chi connectivity index (χ3n) is 4.96. The Morgan fingerprint density at radius 1 is 1.15 bits per heavy atom. The maximum absolute atomic E-state index is 12.9. The van der Waals surface area contributed by atoms with Gasteiger partial charge in [-0.3, -0.25) is 4.79 Å². The lowest BCUT2D eigenvalue weighted by molar-refractivity contribution is -0.892. The zero-order valence-corrected chi connectivity index (χ0v) is 15.7. The number of carbonyl (C=O) groups excluding carboxylic acids is 1. The third-order valence-corrected chi connectivity index (χ3v) is 4.96. The molecule has 0 aromatic heterocycles. The number of ether oxygens (including phenoxy) is 1. The van der Waals surface area contributed by atoms with Crippen LogP contribution >= 0.6 is 0 Å². The van der Waals surface area contributed by atoms with Crippen LogP contribution in [0.15, 0.2) is 48.5 Å². The van der Waals surface area contributed by atoms with Gasteiger partial charge in [-0.25, -0.2) is 4.39 Å². The van der Waals surface area contributed by atoms with Gasteiger partial charge >= 0.3 is 0 Å². The zero-order valence-electron chi connectivity index (χ0n) is 15.7. The lowest BCUT2D eigenvalue weighted by Crippen LogP contribution is -3.16.